The van der Waals surface area contributed by atoms with Crippen molar-refractivity contribution >= 4 is 21.6 Å². The number of amides is 2. The Labute approximate surface area is 125 Å². The number of urea groups is 1. The maximum Gasteiger partial charge on any atom is 0.321 e. The first-order valence-electron chi connectivity index (χ1n) is 6.88. The molecule has 6 nitrogen and oxygen atoms in total. The highest BCUT2D eigenvalue weighted by Crippen LogP contribution is 2.25. The van der Waals surface area contributed by atoms with Crippen LogP contribution >= 0.6 is 0 Å². The van der Waals surface area contributed by atoms with Gasteiger partial charge < -0.3 is 15.0 Å². The molecule has 7 heteroatoms. The third kappa shape index (κ3) is 3.87. The number of benzene rings is 1. The highest BCUT2D eigenvalue weighted by atomic mass is 32.2. The van der Waals surface area contributed by atoms with E-state index in [1.807, 2.05) is 13.0 Å². The summed E-state index contributed by atoms with van der Waals surface area (Å²) in [5.41, 5.74) is 0.590. The topological polar surface area (TPSA) is 75.7 Å². The fourth-order valence-electron chi connectivity index (χ4n) is 2.31. The van der Waals surface area contributed by atoms with Gasteiger partial charge in [-0.1, -0.05) is 12.1 Å². The van der Waals surface area contributed by atoms with Crippen LogP contribution in [0.2, 0.25) is 0 Å². The number of carbonyl (C=O) groups is 1. The lowest BCUT2D eigenvalue weighted by molar-refractivity contribution is 0.222. The molecule has 1 aromatic carbocycles. The molecule has 1 saturated heterocycles. The maximum absolute atomic E-state index is 12.2. The lowest BCUT2D eigenvalue weighted by Gasteiger charge is -2.18. The van der Waals surface area contributed by atoms with E-state index in [2.05, 4.69) is 5.32 Å². The number of carbonyl (C=O) groups excluding carboxylic acids is 1. The minimum absolute atomic E-state index is 0.238. The zero-order valence-electron chi connectivity index (χ0n) is 12.2. The van der Waals surface area contributed by atoms with Gasteiger partial charge in [0.05, 0.1) is 17.5 Å². The van der Waals surface area contributed by atoms with Gasteiger partial charge in [0, 0.05) is 19.3 Å². The van der Waals surface area contributed by atoms with Crippen molar-refractivity contribution in [2.24, 2.45) is 0 Å². The Balaban J connectivity index is 2.03. The zero-order valence-corrected chi connectivity index (χ0v) is 13.0. The highest BCUT2D eigenvalue weighted by Gasteiger charge is 2.32. The van der Waals surface area contributed by atoms with Crippen LogP contribution in [0.15, 0.2) is 24.3 Å². The molecule has 1 atom stereocenters. The SMILES string of the molecule is CCOc1ccccc1NC(=O)N1CCC(S(C)(=O)=O)C1. The molecule has 1 aromatic rings. The maximum atomic E-state index is 12.2. The number of nitrogens with one attached hydrogen (secondary N) is 1. The van der Waals surface area contributed by atoms with Crippen LogP contribution in [0.5, 0.6) is 5.75 Å². The second-order valence-corrected chi connectivity index (χ2v) is 7.37. The van der Waals surface area contributed by atoms with E-state index in [9.17, 15) is 13.2 Å². The molecule has 21 heavy (non-hydrogen) atoms. The Morgan fingerprint density at radius 3 is 2.76 bits per heavy atom. The van der Waals surface area contributed by atoms with E-state index < -0.39 is 15.1 Å². The molecule has 1 unspecified atom stereocenters. The van der Waals surface area contributed by atoms with Crippen LogP contribution in [0, 0.1) is 0 Å². The predicted octanol–water partition coefficient (Wildman–Crippen LogP) is 1.74. The minimum atomic E-state index is -3.10. The van der Waals surface area contributed by atoms with E-state index in [0.717, 1.165) is 0 Å². The molecule has 1 fully saturated rings. The van der Waals surface area contributed by atoms with Crippen molar-refractivity contribution in [3.8, 4) is 5.75 Å². The van der Waals surface area contributed by atoms with Crippen molar-refractivity contribution in [1.82, 2.24) is 4.90 Å². The summed E-state index contributed by atoms with van der Waals surface area (Å²) in [5, 5.41) is 2.31. The molecule has 0 aliphatic carbocycles. The molecule has 1 aliphatic heterocycles. The van der Waals surface area contributed by atoms with Crippen LogP contribution in [-0.4, -0.2) is 50.6 Å². The van der Waals surface area contributed by atoms with Crippen molar-refractivity contribution in [1.29, 1.82) is 0 Å². The number of hydrogen-bond donors (Lipinski definition) is 1. The molecule has 0 aromatic heterocycles. The average molecular weight is 312 g/mol. The molecular formula is C14H20N2O4S. The van der Waals surface area contributed by atoms with Crippen LogP contribution in [0.3, 0.4) is 0 Å². The van der Waals surface area contributed by atoms with Crippen LogP contribution in [0.1, 0.15) is 13.3 Å². The Morgan fingerprint density at radius 2 is 2.14 bits per heavy atom. The molecule has 0 saturated carbocycles. The van der Waals surface area contributed by atoms with Crippen molar-refractivity contribution in [3.05, 3.63) is 24.3 Å². The second-order valence-electron chi connectivity index (χ2n) is 5.05. The van der Waals surface area contributed by atoms with E-state index in [1.54, 1.807) is 18.2 Å². The van der Waals surface area contributed by atoms with E-state index >= 15 is 0 Å². The van der Waals surface area contributed by atoms with Gasteiger partial charge in [-0.05, 0) is 25.5 Å². The third-order valence-electron chi connectivity index (χ3n) is 3.47. The van der Waals surface area contributed by atoms with Crippen LogP contribution in [0.4, 0.5) is 10.5 Å². The summed E-state index contributed by atoms with van der Waals surface area (Å²) in [6.07, 6.45) is 1.70. The normalized spacial score (nSPS) is 18.6. The summed E-state index contributed by atoms with van der Waals surface area (Å²) >= 11 is 0. The molecule has 1 N–H and O–H groups in total. The molecule has 2 rings (SSSR count). The first-order valence-corrected chi connectivity index (χ1v) is 8.84. The van der Waals surface area contributed by atoms with E-state index in [4.69, 9.17) is 4.74 Å². The van der Waals surface area contributed by atoms with Crippen molar-refractivity contribution in [2.45, 2.75) is 18.6 Å². The largest absolute Gasteiger partial charge is 0.492 e. The molecule has 116 valence electrons. The van der Waals surface area contributed by atoms with Gasteiger partial charge in [-0.25, -0.2) is 13.2 Å². The van der Waals surface area contributed by atoms with Gasteiger partial charge in [0.15, 0.2) is 9.84 Å². The Bertz CT molecular complexity index is 615. The first kappa shape index (κ1) is 15.6. The molecule has 0 spiro atoms. The number of likely N-dealkylation sites (tertiary alicyclic amines) is 1. The first-order chi connectivity index (χ1) is 9.91. The lowest BCUT2D eigenvalue weighted by atomic mass is 10.3. The Hall–Kier alpha value is -1.76. The van der Waals surface area contributed by atoms with Gasteiger partial charge in [-0.3, -0.25) is 0 Å². The van der Waals surface area contributed by atoms with Gasteiger partial charge in [0.1, 0.15) is 5.75 Å². The molecule has 1 heterocycles. The lowest BCUT2D eigenvalue weighted by Crippen LogP contribution is -2.35. The number of sulfone groups is 1. The van der Waals surface area contributed by atoms with Crippen LogP contribution in [0.25, 0.3) is 0 Å². The molecule has 1 aliphatic rings. The predicted molar refractivity (Wildman–Crippen MR) is 81.5 cm³/mol. The third-order valence-corrected chi connectivity index (χ3v) is 5.06. The number of hydrogen-bond acceptors (Lipinski definition) is 4. The Morgan fingerprint density at radius 1 is 1.43 bits per heavy atom. The fourth-order valence-corrected chi connectivity index (χ4v) is 3.29. The number of para-hydroxylation sites is 2. The van der Waals surface area contributed by atoms with E-state index in [-0.39, 0.29) is 12.6 Å². The second kappa shape index (κ2) is 6.34. The van der Waals surface area contributed by atoms with Gasteiger partial charge in [-0.2, -0.15) is 0 Å². The number of nitrogens with zero attached hydrogens (tertiary/aromatic N) is 1. The fraction of sp³-hybridized carbons (Fsp3) is 0.500. The number of ether oxygens (including phenoxy) is 1. The number of rotatable bonds is 4. The smallest absolute Gasteiger partial charge is 0.321 e. The number of anilines is 1. The summed E-state index contributed by atoms with van der Waals surface area (Å²) < 4.78 is 28.5. The van der Waals surface area contributed by atoms with Crippen LogP contribution < -0.4 is 10.1 Å². The van der Waals surface area contributed by atoms with Crippen molar-refractivity contribution in [3.63, 3.8) is 0 Å². The summed E-state index contributed by atoms with van der Waals surface area (Å²) in [6, 6.07) is 6.88. The average Bonchev–Trinajstić information content (AvgIpc) is 2.91. The monoisotopic (exact) mass is 312 g/mol. The van der Waals surface area contributed by atoms with Crippen molar-refractivity contribution in [2.75, 3.05) is 31.3 Å². The Kier molecular flexibility index (Phi) is 4.72. The van der Waals surface area contributed by atoms with Gasteiger partial charge in [0.2, 0.25) is 0 Å². The zero-order chi connectivity index (χ0) is 15.5. The summed E-state index contributed by atoms with van der Waals surface area (Å²) in [7, 11) is -3.10. The quantitative estimate of drug-likeness (QED) is 0.919. The standard InChI is InChI=1S/C14H20N2O4S/c1-3-20-13-7-5-4-6-12(13)15-14(17)16-9-8-11(10-16)21(2,18)19/h4-7,11H,3,8-10H2,1-2H3,(H,15,17). The van der Waals surface area contributed by atoms with E-state index in [1.165, 1.54) is 11.2 Å². The molecule has 0 bridgehead atoms. The van der Waals surface area contributed by atoms with Gasteiger partial charge in [0.25, 0.3) is 0 Å². The summed E-state index contributed by atoms with van der Waals surface area (Å²) in [5.74, 6) is 0.604. The summed E-state index contributed by atoms with van der Waals surface area (Å²) in [4.78, 5) is 13.7. The molecule has 2 amide bonds. The molecular weight excluding hydrogens is 292 g/mol. The summed E-state index contributed by atoms with van der Waals surface area (Å²) in [6.45, 7) is 3.06. The van der Waals surface area contributed by atoms with Crippen LogP contribution in [-0.2, 0) is 9.84 Å². The van der Waals surface area contributed by atoms with E-state index in [0.29, 0.717) is 31.0 Å². The van der Waals surface area contributed by atoms with Gasteiger partial charge in [-0.15, -0.1) is 0 Å². The highest BCUT2D eigenvalue weighted by molar-refractivity contribution is 7.91. The minimum Gasteiger partial charge on any atom is -0.492 e. The molecule has 0 radical (unpaired) electrons. The van der Waals surface area contributed by atoms with Gasteiger partial charge >= 0.3 is 6.03 Å². The van der Waals surface area contributed by atoms with Crippen molar-refractivity contribution < 1.29 is 17.9 Å².